The number of halogens is 2. The number of allylic oxidation sites excluding steroid dienone is 2. The summed E-state index contributed by atoms with van der Waals surface area (Å²) in [4.78, 5) is 0. The zero-order valence-corrected chi connectivity index (χ0v) is 8.60. The maximum atomic E-state index is 6.02. The second-order valence-corrected chi connectivity index (χ2v) is 4.36. The summed E-state index contributed by atoms with van der Waals surface area (Å²) in [6.07, 6.45) is 4.43. The van der Waals surface area contributed by atoms with Crippen molar-refractivity contribution < 1.29 is 0 Å². The molecule has 0 aromatic carbocycles. The highest BCUT2D eigenvalue weighted by Crippen LogP contribution is 2.57. The fraction of sp³-hybridized carbons (Fsp3) is 0.778. The number of hydrogen-bond donors (Lipinski definition) is 0. The second-order valence-electron chi connectivity index (χ2n) is 3.03. The van der Waals surface area contributed by atoms with Gasteiger partial charge in [-0.05, 0) is 24.0 Å². The molecule has 0 aromatic heterocycles. The van der Waals surface area contributed by atoms with Crippen LogP contribution >= 0.6 is 23.2 Å². The molecule has 0 aromatic rings. The van der Waals surface area contributed by atoms with Crippen LogP contribution in [0.1, 0.15) is 39.5 Å². The maximum Gasteiger partial charge on any atom is 0.160 e. The molecule has 2 heteroatoms. The summed E-state index contributed by atoms with van der Waals surface area (Å²) in [5.74, 6) is 0. The van der Waals surface area contributed by atoms with Gasteiger partial charge in [0.15, 0.2) is 4.33 Å². The molecule has 0 N–H and O–H groups in total. The zero-order chi connectivity index (χ0) is 8.48. The molecule has 0 fully saturated rings. The first-order valence-corrected chi connectivity index (χ1v) is 5.01. The van der Waals surface area contributed by atoms with E-state index < -0.39 is 4.33 Å². The minimum Gasteiger partial charge on any atom is -0.0916 e. The normalized spacial score (nSPS) is 20.7. The molecule has 0 atom stereocenters. The van der Waals surface area contributed by atoms with Crippen molar-refractivity contribution in [3.05, 3.63) is 11.1 Å². The molecule has 0 saturated heterocycles. The summed E-state index contributed by atoms with van der Waals surface area (Å²) < 4.78 is -0.536. The highest BCUT2D eigenvalue weighted by Gasteiger charge is 2.48. The van der Waals surface area contributed by atoms with Crippen molar-refractivity contribution in [1.82, 2.24) is 0 Å². The van der Waals surface area contributed by atoms with Crippen molar-refractivity contribution in [1.29, 1.82) is 0 Å². The lowest BCUT2D eigenvalue weighted by Gasteiger charge is -1.98. The molecule has 11 heavy (non-hydrogen) atoms. The van der Waals surface area contributed by atoms with E-state index in [1.165, 1.54) is 11.1 Å². The van der Waals surface area contributed by atoms with Crippen molar-refractivity contribution >= 4 is 23.2 Å². The second kappa shape index (κ2) is 3.37. The lowest BCUT2D eigenvalue weighted by atomic mass is 10.2. The monoisotopic (exact) mass is 192 g/mol. The molecule has 64 valence electrons. The molecular formula is C9H14Cl2. The largest absolute Gasteiger partial charge is 0.160 e. The predicted molar refractivity (Wildman–Crippen MR) is 51.3 cm³/mol. The highest BCUT2D eigenvalue weighted by molar-refractivity contribution is 6.56. The van der Waals surface area contributed by atoms with Gasteiger partial charge in [-0.25, -0.2) is 0 Å². The molecule has 0 amide bonds. The van der Waals surface area contributed by atoms with E-state index in [1.54, 1.807) is 0 Å². The standard InChI is InChI=1S/C9H14Cl2/c1-3-5-7-8(6-4-2)9(7,10)11/h3-6H2,1-2H3. The first-order valence-electron chi connectivity index (χ1n) is 4.25. The van der Waals surface area contributed by atoms with Gasteiger partial charge in [-0.1, -0.05) is 49.9 Å². The van der Waals surface area contributed by atoms with Gasteiger partial charge in [-0.2, -0.15) is 0 Å². The first kappa shape index (κ1) is 9.41. The van der Waals surface area contributed by atoms with Crippen molar-refractivity contribution in [2.45, 2.75) is 43.9 Å². The predicted octanol–water partition coefficient (Wildman–Crippen LogP) is 4.07. The highest BCUT2D eigenvalue weighted by atomic mass is 35.5. The van der Waals surface area contributed by atoms with E-state index in [2.05, 4.69) is 13.8 Å². The maximum absolute atomic E-state index is 6.02. The summed E-state index contributed by atoms with van der Waals surface area (Å²) >= 11 is 12.0. The van der Waals surface area contributed by atoms with Gasteiger partial charge in [0.05, 0.1) is 0 Å². The Bertz CT molecular complexity index is 162. The quantitative estimate of drug-likeness (QED) is 0.466. The van der Waals surface area contributed by atoms with Gasteiger partial charge in [0.1, 0.15) is 0 Å². The fourth-order valence-corrected chi connectivity index (χ4v) is 2.19. The third kappa shape index (κ3) is 1.73. The van der Waals surface area contributed by atoms with Crippen molar-refractivity contribution in [2.24, 2.45) is 0 Å². The number of rotatable bonds is 4. The van der Waals surface area contributed by atoms with Crippen LogP contribution in [-0.4, -0.2) is 4.33 Å². The Morgan fingerprint density at radius 3 is 1.64 bits per heavy atom. The van der Waals surface area contributed by atoms with E-state index in [9.17, 15) is 0 Å². The third-order valence-electron chi connectivity index (χ3n) is 2.06. The fourth-order valence-electron chi connectivity index (χ4n) is 1.45. The molecule has 0 spiro atoms. The number of alkyl halides is 2. The topological polar surface area (TPSA) is 0 Å². The molecule has 1 aliphatic carbocycles. The van der Waals surface area contributed by atoms with E-state index in [1.807, 2.05) is 0 Å². The summed E-state index contributed by atoms with van der Waals surface area (Å²) in [7, 11) is 0. The van der Waals surface area contributed by atoms with Gasteiger partial charge in [-0.3, -0.25) is 0 Å². The van der Waals surface area contributed by atoms with E-state index >= 15 is 0 Å². The molecule has 1 aliphatic rings. The van der Waals surface area contributed by atoms with Gasteiger partial charge in [0, 0.05) is 0 Å². The van der Waals surface area contributed by atoms with Crippen LogP contribution in [0.3, 0.4) is 0 Å². The molecule has 0 bridgehead atoms. The van der Waals surface area contributed by atoms with Gasteiger partial charge in [0.25, 0.3) is 0 Å². The summed E-state index contributed by atoms with van der Waals surface area (Å²) in [5.41, 5.74) is 2.57. The molecule has 0 unspecified atom stereocenters. The molecule has 0 radical (unpaired) electrons. The van der Waals surface area contributed by atoms with Crippen molar-refractivity contribution in [3.63, 3.8) is 0 Å². The summed E-state index contributed by atoms with van der Waals surface area (Å²) in [5, 5.41) is 0. The Hall–Kier alpha value is 0.320. The van der Waals surface area contributed by atoms with Crippen molar-refractivity contribution in [2.75, 3.05) is 0 Å². The van der Waals surface area contributed by atoms with Crippen LogP contribution in [0.15, 0.2) is 11.1 Å². The Morgan fingerprint density at radius 2 is 1.36 bits per heavy atom. The van der Waals surface area contributed by atoms with Gasteiger partial charge in [0.2, 0.25) is 0 Å². The Balaban J connectivity index is 2.48. The Kier molecular flexibility index (Phi) is 2.88. The van der Waals surface area contributed by atoms with Crippen LogP contribution in [0.5, 0.6) is 0 Å². The van der Waals surface area contributed by atoms with Crippen molar-refractivity contribution in [3.8, 4) is 0 Å². The van der Waals surface area contributed by atoms with Crippen LogP contribution in [0.4, 0.5) is 0 Å². The Morgan fingerprint density at radius 1 is 1.00 bits per heavy atom. The molecule has 0 heterocycles. The van der Waals surface area contributed by atoms with Gasteiger partial charge in [-0.15, -0.1) is 0 Å². The van der Waals surface area contributed by atoms with E-state index in [4.69, 9.17) is 23.2 Å². The zero-order valence-electron chi connectivity index (χ0n) is 7.08. The lowest BCUT2D eigenvalue weighted by molar-refractivity contribution is 0.920. The minimum atomic E-state index is -0.536. The molecule has 1 rings (SSSR count). The van der Waals surface area contributed by atoms with Crippen LogP contribution in [0, 0.1) is 0 Å². The number of hydrogen-bond acceptors (Lipinski definition) is 0. The smallest absolute Gasteiger partial charge is 0.0916 e. The van der Waals surface area contributed by atoms with E-state index in [-0.39, 0.29) is 0 Å². The molecular weight excluding hydrogens is 179 g/mol. The van der Waals surface area contributed by atoms with Gasteiger partial charge < -0.3 is 0 Å². The third-order valence-corrected chi connectivity index (χ3v) is 2.97. The summed E-state index contributed by atoms with van der Waals surface area (Å²) in [6, 6.07) is 0. The average Bonchev–Trinajstić information content (AvgIpc) is 2.41. The van der Waals surface area contributed by atoms with Crippen LogP contribution in [-0.2, 0) is 0 Å². The molecule has 0 saturated carbocycles. The lowest BCUT2D eigenvalue weighted by Crippen LogP contribution is -1.92. The first-order chi connectivity index (χ1) is 5.14. The SMILES string of the molecule is CCCC1=C(CCC)C1(Cl)Cl. The molecule has 0 nitrogen and oxygen atoms in total. The van der Waals surface area contributed by atoms with E-state index in [0.29, 0.717) is 0 Å². The van der Waals surface area contributed by atoms with E-state index in [0.717, 1.165) is 25.7 Å². The van der Waals surface area contributed by atoms with Gasteiger partial charge >= 0.3 is 0 Å². The Labute approximate surface area is 78.6 Å². The minimum absolute atomic E-state index is 0.536. The summed E-state index contributed by atoms with van der Waals surface area (Å²) in [6.45, 7) is 4.30. The van der Waals surface area contributed by atoms with Crippen LogP contribution < -0.4 is 0 Å². The van der Waals surface area contributed by atoms with Crippen LogP contribution in [0.2, 0.25) is 0 Å². The molecule has 0 aliphatic heterocycles. The van der Waals surface area contributed by atoms with Crippen LogP contribution in [0.25, 0.3) is 0 Å². The average molecular weight is 193 g/mol.